The van der Waals surface area contributed by atoms with Gasteiger partial charge < -0.3 is 15.1 Å². The highest BCUT2D eigenvalue weighted by atomic mass is 32.1. The van der Waals surface area contributed by atoms with Gasteiger partial charge in [-0.2, -0.15) is 0 Å². The smallest absolute Gasteiger partial charge is 0.264 e. The lowest BCUT2D eigenvalue weighted by Crippen LogP contribution is -2.46. The Morgan fingerprint density at radius 1 is 1.19 bits per heavy atom. The number of rotatable bonds is 1. The molecule has 1 aliphatic carbocycles. The number of hydrogen-bond donors (Lipinski definition) is 1. The van der Waals surface area contributed by atoms with E-state index in [4.69, 9.17) is 0 Å². The van der Waals surface area contributed by atoms with Crippen LogP contribution in [0.25, 0.3) is 0 Å². The Morgan fingerprint density at radius 2 is 2.00 bits per heavy atom. The van der Waals surface area contributed by atoms with Gasteiger partial charge in [-0.05, 0) is 43.2 Å². The molecule has 7 heteroatoms. The quantitative estimate of drug-likeness (QED) is 0.814. The van der Waals surface area contributed by atoms with Gasteiger partial charge >= 0.3 is 0 Å². The molecule has 2 aliphatic rings. The van der Waals surface area contributed by atoms with Crippen LogP contribution in [-0.4, -0.2) is 59.7 Å². The van der Waals surface area contributed by atoms with E-state index < -0.39 is 0 Å². The summed E-state index contributed by atoms with van der Waals surface area (Å²) in [7, 11) is 0. The lowest BCUT2D eigenvalue weighted by Gasteiger charge is -2.31. The van der Waals surface area contributed by atoms with Crippen molar-refractivity contribution in [2.45, 2.75) is 45.6 Å². The third kappa shape index (κ3) is 3.92. The van der Waals surface area contributed by atoms with Crippen molar-refractivity contribution >= 4 is 29.1 Å². The zero-order valence-corrected chi connectivity index (χ0v) is 16.3. The molecule has 3 rings (SSSR count). The molecule has 1 aromatic heterocycles. The summed E-state index contributed by atoms with van der Waals surface area (Å²) in [5.41, 5.74) is 0.984. The highest BCUT2D eigenvalue weighted by molar-refractivity contribution is 7.12. The van der Waals surface area contributed by atoms with Gasteiger partial charge in [0.1, 0.15) is 0 Å². The Hall–Kier alpha value is -1.89. The van der Waals surface area contributed by atoms with Crippen LogP contribution in [0.5, 0.6) is 0 Å². The van der Waals surface area contributed by atoms with Gasteiger partial charge in [-0.15, -0.1) is 11.3 Å². The number of nitrogens with zero attached hydrogens (tertiary/aromatic N) is 2. The predicted octanol–water partition coefficient (Wildman–Crippen LogP) is 2.04. The summed E-state index contributed by atoms with van der Waals surface area (Å²) in [6, 6.07) is 1.94. The van der Waals surface area contributed by atoms with Crippen LogP contribution in [0.1, 0.15) is 47.8 Å². The summed E-state index contributed by atoms with van der Waals surface area (Å²) in [6.07, 6.45) is 3.42. The molecular weight excluding hydrogens is 350 g/mol. The summed E-state index contributed by atoms with van der Waals surface area (Å²) < 4.78 is 0. The molecule has 0 aromatic carbocycles. The number of carbonyl (C=O) groups excluding carboxylic acids is 3. The van der Waals surface area contributed by atoms with Crippen molar-refractivity contribution < 1.29 is 14.4 Å². The van der Waals surface area contributed by atoms with Crippen LogP contribution in [0.4, 0.5) is 0 Å². The first-order valence-electron chi connectivity index (χ1n) is 9.37. The molecule has 1 saturated carbocycles. The average molecular weight is 378 g/mol. The van der Waals surface area contributed by atoms with Crippen molar-refractivity contribution in [1.29, 1.82) is 0 Å². The second kappa shape index (κ2) is 8.20. The highest BCUT2D eigenvalue weighted by Crippen LogP contribution is 2.31. The Labute approximate surface area is 158 Å². The molecule has 1 aliphatic heterocycles. The molecule has 1 N–H and O–H groups in total. The summed E-state index contributed by atoms with van der Waals surface area (Å²) in [5.74, 6) is -0.0810. The third-order valence-electron chi connectivity index (χ3n) is 5.47. The molecule has 2 unspecified atom stereocenters. The molecule has 2 heterocycles. The van der Waals surface area contributed by atoms with Gasteiger partial charge in [0, 0.05) is 39.1 Å². The summed E-state index contributed by atoms with van der Waals surface area (Å²) in [6.45, 7) is 5.66. The van der Waals surface area contributed by atoms with Gasteiger partial charge in [-0.3, -0.25) is 14.4 Å². The van der Waals surface area contributed by atoms with Crippen LogP contribution in [0, 0.1) is 12.8 Å². The Bertz CT molecular complexity index is 687. The minimum absolute atomic E-state index is 0.00529. The second-order valence-electron chi connectivity index (χ2n) is 7.19. The van der Waals surface area contributed by atoms with Crippen LogP contribution in [0.3, 0.4) is 0 Å². The average Bonchev–Trinajstić information content (AvgIpc) is 3.24. The summed E-state index contributed by atoms with van der Waals surface area (Å²) in [4.78, 5) is 42.0. The van der Waals surface area contributed by atoms with Crippen LogP contribution in [0.2, 0.25) is 0 Å². The molecule has 0 radical (unpaired) electrons. The van der Waals surface area contributed by atoms with Crippen LogP contribution in [-0.2, 0) is 9.59 Å². The van der Waals surface area contributed by atoms with E-state index in [0.717, 1.165) is 36.1 Å². The van der Waals surface area contributed by atoms with Gasteiger partial charge in [0.2, 0.25) is 11.8 Å². The summed E-state index contributed by atoms with van der Waals surface area (Å²) in [5, 5.41) is 4.91. The first-order valence-corrected chi connectivity index (χ1v) is 10.3. The number of thiophene rings is 1. The zero-order chi connectivity index (χ0) is 18.7. The van der Waals surface area contributed by atoms with Crippen molar-refractivity contribution in [2.75, 3.05) is 26.2 Å². The molecule has 2 fully saturated rings. The first kappa shape index (κ1) is 18.9. The van der Waals surface area contributed by atoms with Crippen LogP contribution < -0.4 is 5.32 Å². The maximum Gasteiger partial charge on any atom is 0.264 e. The highest BCUT2D eigenvalue weighted by Gasteiger charge is 2.38. The van der Waals surface area contributed by atoms with Crippen molar-refractivity contribution in [2.24, 2.45) is 5.92 Å². The fourth-order valence-corrected chi connectivity index (χ4v) is 5.00. The van der Waals surface area contributed by atoms with E-state index in [0.29, 0.717) is 26.2 Å². The summed E-state index contributed by atoms with van der Waals surface area (Å²) >= 11 is 1.45. The largest absolute Gasteiger partial charge is 0.354 e. The number of carbonyl (C=O) groups is 3. The fourth-order valence-electron chi connectivity index (χ4n) is 4.10. The number of nitrogens with one attached hydrogen (secondary N) is 1. The SMILES string of the molecule is CC(=O)N1CCCN(C(=O)c2sccc2C)CCNC(=O)C2CCCC21. The van der Waals surface area contributed by atoms with Crippen molar-refractivity contribution in [1.82, 2.24) is 15.1 Å². The van der Waals surface area contributed by atoms with Gasteiger partial charge in [-0.1, -0.05) is 6.42 Å². The molecule has 1 aromatic rings. The maximum absolute atomic E-state index is 12.9. The van der Waals surface area contributed by atoms with Crippen LogP contribution in [0.15, 0.2) is 11.4 Å². The van der Waals surface area contributed by atoms with E-state index in [9.17, 15) is 14.4 Å². The first-order chi connectivity index (χ1) is 12.5. The van der Waals surface area contributed by atoms with Gasteiger partial charge in [0.15, 0.2) is 0 Å². The van der Waals surface area contributed by atoms with Crippen molar-refractivity contribution in [3.63, 3.8) is 0 Å². The number of hydrogen-bond acceptors (Lipinski definition) is 4. The minimum Gasteiger partial charge on any atom is -0.354 e. The molecule has 2 atom stereocenters. The molecule has 1 saturated heterocycles. The van der Waals surface area contributed by atoms with Crippen molar-refractivity contribution in [3.05, 3.63) is 21.9 Å². The van der Waals surface area contributed by atoms with Gasteiger partial charge in [0.05, 0.1) is 10.8 Å². The molecule has 0 bridgehead atoms. The minimum atomic E-state index is -0.124. The normalized spacial score (nSPS) is 24.6. The van der Waals surface area contributed by atoms with E-state index in [2.05, 4.69) is 5.32 Å². The Morgan fingerprint density at radius 3 is 2.69 bits per heavy atom. The zero-order valence-electron chi connectivity index (χ0n) is 15.5. The van der Waals surface area contributed by atoms with E-state index in [1.165, 1.54) is 11.3 Å². The molecule has 0 spiro atoms. The van der Waals surface area contributed by atoms with E-state index in [-0.39, 0.29) is 29.7 Å². The van der Waals surface area contributed by atoms with Gasteiger partial charge in [-0.25, -0.2) is 0 Å². The monoisotopic (exact) mass is 377 g/mol. The van der Waals surface area contributed by atoms with E-state index >= 15 is 0 Å². The van der Waals surface area contributed by atoms with Crippen molar-refractivity contribution in [3.8, 4) is 0 Å². The number of amides is 3. The molecule has 142 valence electrons. The van der Waals surface area contributed by atoms with Gasteiger partial charge in [0.25, 0.3) is 5.91 Å². The number of fused-ring (bicyclic) bond motifs is 1. The fraction of sp³-hybridized carbons (Fsp3) is 0.632. The third-order valence-corrected chi connectivity index (χ3v) is 6.48. The lowest BCUT2D eigenvalue weighted by molar-refractivity contribution is -0.134. The Kier molecular flexibility index (Phi) is 5.96. The number of aryl methyl sites for hydroxylation is 1. The standard InChI is InChI=1S/C19H27N3O3S/c1-13-7-12-26-17(13)19(25)21-9-4-10-22(14(2)23)16-6-3-5-15(16)18(24)20-8-11-21/h7,12,15-16H,3-6,8-11H2,1-2H3,(H,20,24). The molecule has 3 amide bonds. The van der Waals surface area contributed by atoms with E-state index in [1.807, 2.05) is 23.3 Å². The van der Waals surface area contributed by atoms with Crippen LogP contribution >= 0.6 is 11.3 Å². The molecule has 26 heavy (non-hydrogen) atoms. The van der Waals surface area contributed by atoms with E-state index in [1.54, 1.807) is 11.8 Å². The predicted molar refractivity (Wildman–Crippen MR) is 101 cm³/mol. The topological polar surface area (TPSA) is 69.7 Å². The second-order valence-corrected chi connectivity index (χ2v) is 8.10. The molecular formula is C19H27N3O3S. The lowest BCUT2D eigenvalue weighted by atomic mass is 10.0. The Balaban J connectivity index is 1.76. The maximum atomic E-state index is 12.9. The molecule has 6 nitrogen and oxygen atoms in total.